The van der Waals surface area contributed by atoms with E-state index in [0.717, 1.165) is 6.07 Å². The molecule has 1 aliphatic heterocycles. The fourth-order valence-corrected chi connectivity index (χ4v) is 3.29. The van der Waals surface area contributed by atoms with Gasteiger partial charge in [-0.1, -0.05) is 0 Å². The molecule has 0 aliphatic carbocycles. The van der Waals surface area contributed by atoms with E-state index >= 15 is 0 Å². The zero-order valence-electron chi connectivity index (χ0n) is 16.6. The molecule has 1 saturated heterocycles. The third-order valence-corrected chi connectivity index (χ3v) is 4.71. The van der Waals surface area contributed by atoms with Crippen LogP contribution in [-0.4, -0.2) is 43.2 Å². The minimum atomic E-state index is -0.721. The Morgan fingerprint density at radius 3 is 2.28 bits per heavy atom. The largest absolute Gasteiger partial charge is 0.490 e. The number of carbonyl (C=O) groups excluding carboxylic acids is 1. The van der Waals surface area contributed by atoms with Gasteiger partial charge in [0, 0.05) is 37.6 Å². The summed E-state index contributed by atoms with van der Waals surface area (Å²) < 4.78 is 43.6. The molecule has 156 valence electrons. The molecular formula is C22H25F2NO4. The van der Waals surface area contributed by atoms with E-state index in [1.54, 1.807) is 23.1 Å². The van der Waals surface area contributed by atoms with Crippen molar-refractivity contribution in [2.45, 2.75) is 32.8 Å². The first-order valence-electron chi connectivity index (χ1n) is 9.82. The number of carbonyl (C=O) groups is 1. The van der Waals surface area contributed by atoms with Crippen LogP contribution in [0.3, 0.4) is 0 Å². The van der Waals surface area contributed by atoms with E-state index in [1.807, 2.05) is 13.8 Å². The maximum atomic E-state index is 13.8. The SMILES string of the molecule is CCOc1ccc(C(=O)N2CCC(Oc3ccc(F)cc3F)CC2)cc1OCC. The van der Waals surface area contributed by atoms with Gasteiger partial charge in [0.2, 0.25) is 0 Å². The van der Waals surface area contributed by atoms with Gasteiger partial charge in [-0.3, -0.25) is 4.79 Å². The van der Waals surface area contributed by atoms with Gasteiger partial charge >= 0.3 is 0 Å². The van der Waals surface area contributed by atoms with Crippen molar-refractivity contribution in [3.63, 3.8) is 0 Å². The van der Waals surface area contributed by atoms with Crippen molar-refractivity contribution in [1.29, 1.82) is 0 Å². The maximum Gasteiger partial charge on any atom is 0.253 e. The van der Waals surface area contributed by atoms with Gasteiger partial charge < -0.3 is 19.1 Å². The van der Waals surface area contributed by atoms with Crippen LogP contribution in [-0.2, 0) is 0 Å². The van der Waals surface area contributed by atoms with Crippen LogP contribution in [0.5, 0.6) is 17.2 Å². The number of halogens is 2. The van der Waals surface area contributed by atoms with Gasteiger partial charge in [-0.05, 0) is 44.2 Å². The molecule has 1 aliphatic rings. The first-order chi connectivity index (χ1) is 14.0. The lowest BCUT2D eigenvalue weighted by Gasteiger charge is -2.32. The highest BCUT2D eigenvalue weighted by molar-refractivity contribution is 5.95. The first-order valence-corrected chi connectivity index (χ1v) is 9.82. The minimum absolute atomic E-state index is 0.0315. The quantitative estimate of drug-likeness (QED) is 0.683. The Balaban J connectivity index is 1.61. The third kappa shape index (κ3) is 5.16. The van der Waals surface area contributed by atoms with Crippen molar-refractivity contribution in [3.05, 3.63) is 53.6 Å². The van der Waals surface area contributed by atoms with Crippen molar-refractivity contribution in [2.24, 2.45) is 0 Å². The Morgan fingerprint density at radius 2 is 1.62 bits per heavy atom. The van der Waals surface area contributed by atoms with Crippen LogP contribution in [0.4, 0.5) is 8.78 Å². The number of amides is 1. The maximum absolute atomic E-state index is 13.8. The number of ether oxygens (including phenoxy) is 3. The molecule has 1 amide bonds. The van der Waals surface area contributed by atoms with Gasteiger partial charge in [0.25, 0.3) is 5.91 Å². The van der Waals surface area contributed by atoms with Crippen LogP contribution in [0.15, 0.2) is 36.4 Å². The number of hydrogen-bond acceptors (Lipinski definition) is 4. The van der Waals surface area contributed by atoms with Crippen molar-refractivity contribution < 1.29 is 27.8 Å². The lowest BCUT2D eigenvalue weighted by Crippen LogP contribution is -2.41. The third-order valence-electron chi connectivity index (χ3n) is 4.71. The molecule has 0 N–H and O–H groups in total. The Bertz CT molecular complexity index is 851. The average Bonchev–Trinajstić information content (AvgIpc) is 2.72. The van der Waals surface area contributed by atoms with Gasteiger partial charge in [-0.2, -0.15) is 0 Å². The second-order valence-corrected chi connectivity index (χ2v) is 6.71. The van der Waals surface area contributed by atoms with Crippen LogP contribution >= 0.6 is 0 Å². The fraction of sp³-hybridized carbons (Fsp3) is 0.409. The lowest BCUT2D eigenvalue weighted by atomic mass is 10.1. The summed E-state index contributed by atoms with van der Waals surface area (Å²) in [6.45, 7) is 5.72. The summed E-state index contributed by atoms with van der Waals surface area (Å²) in [6, 6.07) is 8.43. The number of likely N-dealkylation sites (tertiary alicyclic amines) is 1. The molecule has 5 nitrogen and oxygen atoms in total. The van der Waals surface area contributed by atoms with E-state index in [2.05, 4.69) is 0 Å². The van der Waals surface area contributed by atoms with Crippen molar-refractivity contribution in [3.8, 4) is 17.2 Å². The lowest BCUT2D eigenvalue weighted by molar-refractivity contribution is 0.0587. The highest BCUT2D eigenvalue weighted by atomic mass is 19.1. The molecule has 2 aromatic carbocycles. The molecule has 0 bridgehead atoms. The molecule has 3 rings (SSSR count). The molecule has 1 heterocycles. The van der Waals surface area contributed by atoms with Crippen LogP contribution in [0.25, 0.3) is 0 Å². The normalized spacial score (nSPS) is 14.6. The molecule has 0 radical (unpaired) electrons. The number of rotatable bonds is 7. The van der Waals surface area contributed by atoms with Crippen LogP contribution in [0.2, 0.25) is 0 Å². The highest BCUT2D eigenvalue weighted by Gasteiger charge is 2.26. The van der Waals surface area contributed by atoms with Crippen molar-refractivity contribution in [2.75, 3.05) is 26.3 Å². The summed E-state index contributed by atoms with van der Waals surface area (Å²) in [5.74, 6) is -0.271. The average molecular weight is 405 g/mol. The highest BCUT2D eigenvalue weighted by Crippen LogP contribution is 2.30. The molecule has 29 heavy (non-hydrogen) atoms. The zero-order valence-corrected chi connectivity index (χ0v) is 16.6. The molecule has 7 heteroatoms. The fourth-order valence-electron chi connectivity index (χ4n) is 3.29. The molecule has 0 spiro atoms. The Morgan fingerprint density at radius 1 is 0.966 bits per heavy atom. The summed E-state index contributed by atoms with van der Waals surface area (Å²) >= 11 is 0. The molecular weight excluding hydrogens is 380 g/mol. The molecule has 1 fully saturated rings. The van der Waals surface area contributed by atoms with Gasteiger partial charge in [0.1, 0.15) is 11.9 Å². The van der Waals surface area contributed by atoms with Crippen LogP contribution in [0.1, 0.15) is 37.0 Å². The van der Waals surface area contributed by atoms with E-state index in [9.17, 15) is 13.6 Å². The number of piperidine rings is 1. The molecule has 2 aromatic rings. The topological polar surface area (TPSA) is 48.0 Å². The van der Waals surface area contributed by atoms with Crippen LogP contribution in [0, 0.1) is 11.6 Å². The van der Waals surface area contributed by atoms with Crippen LogP contribution < -0.4 is 14.2 Å². The van der Waals surface area contributed by atoms with E-state index in [4.69, 9.17) is 14.2 Å². The molecule has 0 saturated carbocycles. The van der Waals surface area contributed by atoms with E-state index in [0.29, 0.717) is 56.2 Å². The van der Waals surface area contributed by atoms with Gasteiger partial charge in [0.15, 0.2) is 23.1 Å². The monoisotopic (exact) mass is 405 g/mol. The summed E-state index contributed by atoms with van der Waals surface area (Å²) in [5, 5.41) is 0. The standard InChI is InChI=1S/C22H25F2NO4/c1-3-27-20-7-5-15(13-21(20)28-4-2)22(26)25-11-9-17(10-12-25)29-19-8-6-16(23)14-18(19)24/h5-8,13-14,17H,3-4,9-12H2,1-2H3. The van der Waals surface area contributed by atoms with Gasteiger partial charge in [0.05, 0.1) is 13.2 Å². The van der Waals surface area contributed by atoms with Gasteiger partial charge in [-0.15, -0.1) is 0 Å². The van der Waals surface area contributed by atoms with Gasteiger partial charge in [-0.25, -0.2) is 8.78 Å². The minimum Gasteiger partial charge on any atom is -0.490 e. The molecule has 0 aromatic heterocycles. The molecule has 0 atom stereocenters. The molecule has 0 unspecified atom stereocenters. The Kier molecular flexibility index (Phi) is 6.90. The summed E-state index contributed by atoms with van der Waals surface area (Å²) in [4.78, 5) is 14.6. The smallest absolute Gasteiger partial charge is 0.253 e. The summed E-state index contributed by atoms with van der Waals surface area (Å²) in [7, 11) is 0. The second kappa shape index (κ2) is 9.58. The second-order valence-electron chi connectivity index (χ2n) is 6.71. The number of benzene rings is 2. The Hall–Kier alpha value is -2.83. The van der Waals surface area contributed by atoms with E-state index in [1.165, 1.54) is 12.1 Å². The zero-order chi connectivity index (χ0) is 20.8. The number of nitrogens with zero attached hydrogens (tertiary/aromatic N) is 1. The predicted octanol–water partition coefficient (Wildman–Crippen LogP) is 4.45. The summed E-state index contributed by atoms with van der Waals surface area (Å²) in [6.07, 6.45) is 0.911. The van der Waals surface area contributed by atoms with Crippen molar-refractivity contribution >= 4 is 5.91 Å². The van der Waals surface area contributed by atoms with E-state index in [-0.39, 0.29) is 17.8 Å². The first kappa shape index (κ1) is 20.9. The Labute approximate surface area is 169 Å². The van der Waals surface area contributed by atoms with Crippen molar-refractivity contribution in [1.82, 2.24) is 4.90 Å². The summed E-state index contributed by atoms with van der Waals surface area (Å²) in [5.41, 5.74) is 0.529. The van der Waals surface area contributed by atoms with E-state index < -0.39 is 11.6 Å². The number of hydrogen-bond donors (Lipinski definition) is 0. The predicted molar refractivity (Wildman–Crippen MR) is 105 cm³/mol.